The molecular formula is C30H52O3. The molecule has 0 amide bonds. The molecule has 33 heavy (non-hydrogen) atoms. The summed E-state index contributed by atoms with van der Waals surface area (Å²) in [5, 5.41) is 0. The fourth-order valence-corrected chi connectivity index (χ4v) is 4.24. The molecule has 1 aromatic carbocycles. The summed E-state index contributed by atoms with van der Waals surface area (Å²) in [6.07, 6.45) is 23.6. The van der Waals surface area contributed by atoms with Crippen molar-refractivity contribution < 1.29 is 14.3 Å². The second kappa shape index (κ2) is 24.0. The number of ether oxygens (including phenoxy) is 2. The van der Waals surface area contributed by atoms with Crippen LogP contribution >= 0.6 is 0 Å². The molecule has 0 N–H and O–H groups in total. The van der Waals surface area contributed by atoms with Crippen LogP contribution in [0.2, 0.25) is 0 Å². The summed E-state index contributed by atoms with van der Waals surface area (Å²) >= 11 is 0. The monoisotopic (exact) mass is 460 g/mol. The first-order chi connectivity index (χ1) is 16.4. The van der Waals surface area contributed by atoms with Crippen molar-refractivity contribution in [1.82, 2.24) is 0 Å². The standard InChI is InChI=1S/C30H52O3/c1-2-3-4-5-6-7-8-9-10-11-12-13-14-15-16-20-25-32-27-30(23-24-31)28-33-26-29-21-18-17-19-22-29/h17-19,21-22,24,30H,2-16,20,23,25-28H2,1H3/t30-/m1/s1. The van der Waals surface area contributed by atoms with E-state index < -0.39 is 0 Å². The smallest absolute Gasteiger partial charge is 0.120 e. The predicted octanol–water partition coefficient (Wildman–Crippen LogP) is 8.69. The lowest BCUT2D eigenvalue weighted by molar-refractivity contribution is -0.109. The summed E-state index contributed by atoms with van der Waals surface area (Å²) in [5.41, 5.74) is 1.16. The van der Waals surface area contributed by atoms with E-state index in [9.17, 15) is 4.79 Å². The molecule has 0 unspecified atom stereocenters. The molecule has 3 heteroatoms. The summed E-state index contributed by atoms with van der Waals surface area (Å²) in [5.74, 6) is 0.160. The van der Waals surface area contributed by atoms with Crippen LogP contribution in [0.25, 0.3) is 0 Å². The van der Waals surface area contributed by atoms with E-state index in [2.05, 4.69) is 19.1 Å². The Bertz CT molecular complexity index is 517. The quantitative estimate of drug-likeness (QED) is 0.108. The van der Waals surface area contributed by atoms with Gasteiger partial charge in [0.25, 0.3) is 0 Å². The second-order valence-electron chi connectivity index (χ2n) is 9.65. The number of unbranched alkanes of at least 4 members (excludes halogenated alkanes) is 15. The molecular weight excluding hydrogens is 408 g/mol. The van der Waals surface area contributed by atoms with E-state index in [0.717, 1.165) is 24.9 Å². The first-order valence-corrected chi connectivity index (χ1v) is 14.0. The van der Waals surface area contributed by atoms with Crippen molar-refractivity contribution in [2.45, 2.75) is 123 Å². The van der Waals surface area contributed by atoms with Gasteiger partial charge >= 0.3 is 0 Å². The van der Waals surface area contributed by atoms with Crippen LogP contribution in [-0.4, -0.2) is 26.1 Å². The summed E-state index contributed by atoms with van der Waals surface area (Å²) in [6, 6.07) is 10.2. The molecule has 0 fully saturated rings. The fourth-order valence-electron chi connectivity index (χ4n) is 4.24. The summed E-state index contributed by atoms with van der Waals surface area (Å²) in [6.45, 7) is 4.87. The molecule has 1 rings (SSSR count). The predicted molar refractivity (Wildman–Crippen MR) is 141 cm³/mol. The van der Waals surface area contributed by atoms with Gasteiger partial charge in [0.15, 0.2) is 0 Å². The van der Waals surface area contributed by atoms with Gasteiger partial charge in [-0.25, -0.2) is 0 Å². The number of benzene rings is 1. The highest BCUT2D eigenvalue weighted by Gasteiger charge is 2.09. The van der Waals surface area contributed by atoms with Gasteiger partial charge in [-0.15, -0.1) is 0 Å². The fraction of sp³-hybridized carbons (Fsp3) is 0.767. The van der Waals surface area contributed by atoms with Gasteiger partial charge in [-0.3, -0.25) is 0 Å². The maximum absolute atomic E-state index is 10.9. The summed E-state index contributed by atoms with van der Waals surface area (Å²) in [4.78, 5) is 10.9. The van der Waals surface area contributed by atoms with E-state index in [1.54, 1.807) is 0 Å². The van der Waals surface area contributed by atoms with Gasteiger partial charge in [-0.05, 0) is 12.0 Å². The summed E-state index contributed by atoms with van der Waals surface area (Å²) in [7, 11) is 0. The molecule has 0 aliphatic rings. The molecule has 0 aliphatic carbocycles. The second-order valence-corrected chi connectivity index (χ2v) is 9.65. The van der Waals surface area contributed by atoms with Crippen molar-refractivity contribution in [3.63, 3.8) is 0 Å². The zero-order valence-corrected chi connectivity index (χ0v) is 21.6. The van der Waals surface area contributed by atoms with Crippen LogP contribution in [0.3, 0.4) is 0 Å². The van der Waals surface area contributed by atoms with Crippen LogP contribution in [0.5, 0.6) is 0 Å². The molecule has 3 nitrogen and oxygen atoms in total. The third-order valence-corrected chi connectivity index (χ3v) is 6.39. The van der Waals surface area contributed by atoms with Gasteiger partial charge < -0.3 is 14.3 Å². The number of hydrogen-bond donors (Lipinski definition) is 0. The Morgan fingerprint density at radius 3 is 1.67 bits per heavy atom. The number of carbonyl (C=O) groups excluding carboxylic acids is 1. The molecule has 0 bridgehead atoms. The third kappa shape index (κ3) is 19.9. The van der Waals surface area contributed by atoms with Crippen LogP contribution in [-0.2, 0) is 20.9 Å². The van der Waals surface area contributed by atoms with Crippen LogP contribution < -0.4 is 0 Å². The zero-order valence-electron chi connectivity index (χ0n) is 21.6. The average molecular weight is 461 g/mol. The highest BCUT2D eigenvalue weighted by molar-refractivity contribution is 5.49. The Morgan fingerprint density at radius 2 is 1.15 bits per heavy atom. The third-order valence-electron chi connectivity index (χ3n) is 6.39. The number of aldehydes is 1. The first kappa shape index (κ1) is 29.8. The zero-order chi connectivity index (χ0) is 23.7. The van der Waals surface area contributed by atoms with Crippen LogP contribution in [0.4, 0.5) is 0 Å². The molecule has 0 aliphatic heterocycles. The van der Waals surface area contributed by atoms with E-state index >= 15 is 0 Å². The number of hydrogen-bond acceptors (Lipinski definition) is 3. The maximum atomic E-state index is 10.9. The van der Waals surface area contributed by atoms with E-state index in [4.69, 9.17) is 9.47 Å². The van der Waals surface area contributed by atoms with Crippen molar-refractivity contribution in [3.05, 3.63) is 35.9 Å². The molecule has 0 radical (unpaired) electrons. The minimum atomic E-state index is 0.160. The van der Waals surface area contributed by atoms with E-state index in [1.807, 2.05) is 18.2 Å². The van der Waals surface area contributed by atoms with Crippen molar-refractivity contribution in [1.29, 1.82) is 0 Å². The number of rotatable bonds is 25. The lowest BCUT2D eigenvalue weighted by Crippen LogP contribution is -2.17. The van der Waals surface area contributed by atoms with Crippen molar-refractivity contribution in [3.8, 4) is 0 Å². The maximum Gasteiger partial charge on any atom is 0.120 e. The Balaban J connectivity index is 1.83. The van der Waals surface area contributed by atoms with Crippen LogP contribution in [0.1, 0.15) is 122 Å². The number of carbonyl (C=O) groups is 1. The minimum Gasteiger partial charge on any atom is -0.381 e. The van der Waals surface area contributed by atoms with Gasteiger partial charge in [0.2, 0.25) is 0 Å². The molecule has 190 valence electrons. The first-order valence-electron chi connectivity index (χ1n) is 14.0. The summed E-state index contributed by atoms with van der Waals surface area (Å²) < 4.78 is 11.6. The Hall–Kier alpha value is -1.19. The highest BCUT2D eigenvalue weighted by Crippen LogP contribution is 2.14. The van der Waals surface area contributed by atoms with Gasteiger partial charge in [0.1, 0.15) is 6.29 Å². The van der Waals surface area contributed by atoms with E-state index in [0.29, 0.717) is 26.2 Å². The Kier molecular flexibility index (Phi) is 21.7. The molecule has 0 spiro atoms. The molecule has 1 atom stereocenters. The molecule has 1 aromatic rings. The van der Waals surface area contributed by atoms with E-state index in [-0.39, 0.29) is 5.92 Å². The van der Waals surface area contributed by atoms with Gasteiger partial charge in [-0.1, -0.05) is 134 Å². The van der Waals surface area contributed by atoms with Crippen molar-refractivity contribution in [2.24, 2.45) is 5.92 Å². The topological polar surface area (TPSA) is 35.5 Å². The molecule has 0 aromatic heterocycles. The van der Waals surface area contributed by atoms with Gasteiger partial charge in [-0.2, -0.15) is 0 Å². The Morgan fingerprint density at radius 1 is 0.667 bits per heavy atom. The minimum absolute atomic E-state index is 0.160. The van der Waals surface area contributed by atoms with Crippen LogP contribution in [0.15, 0.2) is 30.3 Å². The van der Waals surface area contributed by atoms with Gasteiger partial charge in [0.05, 0.1) is 19.8 Å². The Labute approximate surface area is 205 Å². The molecule has 0 saturated carbocycles. The van der Waals surface area contributed by atoms with Crippen molar-refractivity contribution >= 4 is 6.29 Å². The largest absolute Gasteiger partial charge is 0.381 e. The average Bonchev–Trinajstić information content (AvgIpc) is 2.84. The molecule has 0 heterocycles. The van der Waals surface area contributed by atoms with E-state index in [1.165, 1.54) is 96.3 Å². The lowest BCUT2D eigenvalue weighted by atomic mass is 10.0. The SMILES string of the molecule is CCCCCCCCCCCCCCCCCCOC[C@@H](CC=O)COCc1ccccc1. The van der Waals surface area contributed by atoms with Gasteiger partial charge in [0, 0.05) is 18.9 Å². The highest BCUT2D eigenvalue weighted by atomic mass is 16.5. The lowest BCUT2D eigenvalue weighted by Gasteiger charge is -2.15. The van der Waals surface area contributed by atoms with Crippen molar-refractivity contribution in [2.75, 3.05) is 19.8 Å². The van der Waals surface area contributed by atoms with Crippen LogP contribution in [0, 0.1) is 5.92 Å². The molecule has 0 saturated heterocycles. The normalized spacial score (nSPS) is 12.2.